The minimum Gasteiger partial charge on any atom is -0.439 e. The lowest BCUT2D eigenvalue weighted by atomic mass is 10.1. The number of methoxy groups -OCH3 is 1. The average Bonchev–Trinajstić information content (AvgIpc) is 3.15. The summed E-state index contributed by atoms with van der Waals surface area (Å²) >= 11 is 0. The van der Waals surface area contributed by atoms with Crippen LogP contribution in [0.4, 0.5) is 4.39 Å². The minimum atomic E-state index is -0.339. The first-order chi connectivity index (χ1) is 13.7. The first-order valence-corrected chi connectivity index (χ1v) is 9.58. The van der Waals surface area contributed by atoms with Crippen LogP contribution in [0.15, 0.2) is 47.6 Å². The maximum Gasteiger partial charge on any atom is 0.219 e. The molecule has 1 N–H and O–H groups in total. The molecule has 1 fully saturated rings. The number of hydrogen-bond donors (Lipinski definition) is 1. The van der Waals surface area contributed by atoms with Crippen LogP contribution >= 0.6 is 24.0 Å². The first-order valence-electron chi connectivity index (χ1n) is 9.58. The lowest BCUT2D eigenvalue weighted by molar-refractivity contribution is 0.157. The van der Waals surface area contributed by atoms with Gasteiger partial charge >= 0.3 is 0 Å². The zero-order valence-corrected chi connectivity index (χ0v) is 19.1. The molecule has 0 aliphatic carbocycles. The van der Waals surface area contributed by atoms with E-state index in [1.165, 1.54) is 12.1 Å². The molecule has 2 aromatic rings. The maximum absolute atomic E-state index is 13.2. The Morgan fingerprint density at radius 2 is 2.21 bits per heavy atom. The number of pyridine rings is 1. The molecule has 0 bridgehead atoms. The van der Waals surface area contributed by atoms with Gasteiger partial charge in [-0.1, -0.05) is 12.1 Å². The Bertz CT molecular complexity index is 789. The number of halogens is 2. The van der Waals surface area contributed by atoms with Gasteiger partial charge in [0.15, 0.2) is 5.96 Å². The van der Waals surface area contributed by atoms with Crippen LogP contribution in [0.2, 0.25) is 0 Å². The summed E-state index contributed by atoms with van der Waals surface area (Å²) in [6.07, 6.45) is 2.85. The van der Waals surface area contributed by atoms with Gasteiger partial charge in [-0.2, -0.15) is 0 Å². The van der Waals surface area contributed by atoms with Gasteiger partial charge in [0.25, 0.3) is 0 Å². The Hall–Kier alpha value is -1.94. The number of hydrogen-bond acceptors (Lipinski definition) is 4. The second-order valence-electron chi connectivity index (χ2n) is 6.79. The second kappa shape index (κ2) is 11.9. The van der Waals surface area contributed by atoms with Gasteiger partial charge in [0.05, 0.1) is 13.2 Å². The zero-order valence-electron chi connectivity index (χ0n) is 16.8. The molecule has 6 nitrogen and oxygen atoms in total. The molecule has 1 aromatic carbocycles. The summed E-state index contributed by atoms with van der Waals surface area (Å²) in [5.74, 6) is 1.98. The van der Waals surface area contributed by atoms with E-state index in [1.807, 2.05) is 6.07 Å². The molecule has 1 unspecified atom stereocenters. The van der Waals surface area contributed by atoms with E-state index < -0.39 is 0 Å². The van der Waals surface area contributed by atoms with Gasteiger partial charge in [-0.05, 0) is 31.0 Å². The third-order valence-electron chi connectivity index (χ3n) is 4.55. The van der Waals surface area contributed by atoms with Crippen molar-refractivity contribution in [2.75, 3.05) is 33.4 Å². The molecule has 1 saturated heterocycles. The van der Waals surface area contributed by atoms with Gasteiger partial charge in [-0.3, -0.25) is 0 Å². The van der Waals surface area contributed by atoms with Gasteiger partial charge in [-0.25, -0.2) is 14.4 Å². The summed E-state index contributed by atoms with van der Waals surface area (Å²) in [7, 11) is 1.75. The number of aliphatic imine (C=N–C) groups is 1. The van der Waals surface area contributed by atoms with Crippen molar-refractivity contribution in [3.8, 4) is 11.6 Å². The molecule has 1 atom stereocenters. The van der Waals surface area contributed by atoms with Crippen molar-refractivity contribution in [2.45, 2.75) is 19.9 Å². The van der Waals surface area contributed by atoms with E-state index in [4.69, 9.17) is 14.5 Å². The highest BCUT2D eigenvalue weighted by Crippen LogP contribution is 2.20. The van der Waals surface area contributed by atoms with E-state index in [-0.39, 0.29) is 29.8 Å². The van der Waals surface area contributed by atoms with Crippen LogP contribution in [-0.4, -0.2) is 49.2 Å². The predicted octanol–water partition coefficient (Wildman–Crippen LogP) is 4.06. The fourth-order valence-corrected chi connectivity index (χ4v) is 3.20. The van der Waals surface area contributed by atoms with Crippen LogP contribution in [0, 0.1) is 11.7 Å². The van der Waals surface area contributed by atoms with Gasteiger partial charge in [-0.15, -0.1) is 24.0 Å². The number of benzene rings is 1. The Kier molecular flexibility index (Phi) is 9.59. The summed E-state index contributed by atoms with van der Waals surface area (Å²) in [5, 5.41) is 3.36. The Balaban J connectivity index is 0.00000300. The third kappa shape index (κ3) is 7.11. The van der Waals surface area contributed by atoms with Crippen molar-refractivity contribution >= 4 is 29.9 Å². The van der Waals surface area contributed by atoms with Crippen molar-refractivity contribution in [2.24, 2.45) is 10.9 Å². The van der Waals surface area contributed by atoms with Crippen LogP contribution in [0.1, 0.15) is 18.9 Å². The number of likely N-dealkylation sites (tertiary alicyclic amines) is 1. The normalized spacial score (nSPS) is 16.4. The van der Waals surface area contributed by atoms with Crippen LogP contribution in [0.5, 0.6) is 11.6 Å². The van der Waals surface area contributed by atoms with Gasteiger partial charge in [0.1, 0.15) is 11.6 Å². The largest absolute Gasteiger partial charge is 0.439 e. The maximum atomic E-state index is 13.2. The van der Waals surface area contributed by atoms with Crippen molar-refractivity contribution in [3.63, 3.8) is 0 Å². The minimum absolute atomic E-state index is 0. The van der Waals surface area contributed by atoms with Crippen molar-refractivity contribution < 1.29 is 13.9 Å². The molecule has 1 aromatic heterocycles. The topological polar surface area (TPSA) is 59.0 Å². The second-order valence-corrected chi connectivity index (χ2v) is 6.79. The van der Waals surface area contributed by atoms with Crippen molar-refractivity contribution in [3.05, 3.63) is 54.0 Å². The third-order valence-corrected chi connectivity index (χ3v) is 4.55. The van der Waals surface area contributed by atoms with E-state index in [9.17, 15) is 4.39 Å². The molecule has 8 heteroatoms. The Morgan fingerprint density at radius 1 is 1.34 bits per heavy atom. The van der Waals surface area contributed by atoms with Crippen molar-refractivity contribution in [1.82, 2.24) is 15.2 Å². The van der Waals surface area contributed by atoms with Gasteiger partial charge in [0, 0.05) is 51.0 Å². The summed E-state index contributed by atoms with van der Waals surface area (Å²) in [6.45, 7) is 6.14. The average molecular weight is 514 g/mol. The molecule has 158 valence electrons. The highest BCUT2D eigenvalue weighted by Gasteiger charge is 2.24. The SMILES string of the molecule is CCNC(=NCc1ccc(Oc2cccc(F)c2)nc1)N1CCC(COC)C1.I. The number of rotatable bonds is 7. The summed E-state index contributed by atoms with van der Waals surface area (Å²) < 4.78 is 24.1. The van der Waals surface area contributed by atoms with Gasteiger partial charge < -0.3 is 19.7 Å². The number of guanidine groups is 1. The van der Waals surface area contributed by atoms with Crippen LogP contribution < -0.4 is 10.1 Å². The number of aromatic nitrogens is 1. The monoisotopic (exact) mass is 514 g/mol. The molecule has 1 aliphatic heterocycles. The summed E-state index contributed by atoms with van der Waals surface area (Å²) in [6, 6.07) is 9.69. The van der Waals surface area contributed by atoms with E-state index in [2.05, 4.69) is 22.1 Å². The molecule has 0 radical (unpaired) electrons. The Morgan fingerprint density at radius 3 is 2.90 bits per heavy atom. The molecule has 2 heterocycles. The molecule has 0 spiro atoms. The van der Waals surface area contributed by atoms with Crippen LogP contribution in [-0.2, 0) is 11.3 Å². The fourth-order valence-electron chi connectivity index (χ4n) is 3.20. The molecule has 0 saturated carbocycles. The lowest BCUT2D eigenvalue weighted by Crippen LogP contribution is -2.40. The first kappa shape index (κ1) is 23.3. The summed E-state index contributed by atoms with van der Waals surface area (Å²) in [4.78, 5) is 11.3. The van der Waals surface area contributed by atoms with Crippen LogP contribution in [0.25, 0.3) is 0 Å². The molecular weight excluding hydrogens is 486 g/mol. The zero-order chi connectivity index (χ0) is 19.8. The molecule has 1 aliphatic rings. The van der Waals surface area contributed by atoms with Crippen molar-refractivity contribution in [1.29, 1.82) is 0 Å². The number of nitrogens with zero attached hydrogens (tertiary/aromatic N) is 3. The Labute approximate surface area is 188 Å². The number of nitrogens with one attached hydrogen (secondary N) is 1. The quantitative estimate of drug-likeness (QED) is 0.343. The standard InChI is InChI=1S/C21H27FN4O2.HI/c1-3-23-21(26-10-9-17(14-26)15-27-2)25-13-16-7-8-20(24-12-16)28-19-6-4-5-18(22)11-19;/h4-8,11-12,17H,3,9-10,13-15H2,1-2H3,(H,23,25);1H. The molecular formula is C21H28FIN4O2. The highest BCUT2D eigenvalue weighted by atomic mass is 127. The fraction of sp³-hybridized carbons (Fsp3) is 0.429. The number of ether oxygens (including phenoxy) is 2. The van der Waals surface area contributed by atoms with E-state index in [1.54, 1.807) is 31.5 Å². The van der Waals surface area contributed by atoms with E-state index in [0.717, 1.165) is 44.2 Å². The predicted molar refractivity (Wildman–Crippen MR) is 122 cm³/mol. The van der Waals surface area contributed by atoms with Gasteiger partial charge in [0.2, 0.25) is 5.88 Å². The van der Waals surface area contributed by atoms with E-state index >= 15 is 0 Å². The van der Waals surface area contributed by atoms with Crippen LogP contribution in [0.3, 0.4) is 0 Å². The molecule has 29 heavy (non-hydrogen) atoms. The molecule has 3 rings (SSSR count). The lowest BCUT2D eigenvalue weighted by Gasteiger charge is -2.21. The van der Waals surface area contributed by atoms with E-state index in [0.29, 0.717) is 24.1 Å². The smallest absolute Gasteiger partial charge is 0.219 e. The summed E-state index contributed by atoms with van der Waals surface area (Å²) in [5.41, 5.74) is 0.981. The molecule has 0 amide bonds. The highest BCUT2D eigenvalue weighted by molar-refractivity contribution is 14.0.